The Labute approximate surface area is 129 Å². The Morgan fingerprint density at radius 1 is 1.05 bits per heavy atom. The Bertz CT molecular complexity index is 413. The van der Waals surface area contributed by atoms with E-state index in [4.69, 9.17) is 4.52 Å². The summed E-state index contributed by atoms with van der Waals surface area (Å²) in [5, 5.41) is 4.14. The van der Waals surface area contributed by atoms with Gasteiger partial charge >= 0.3 is 0 Å². The van der Waals surface area contributed by atoms with E-state index >= 15 is 0 Å². The van der Waals surface area contributed by atoms with Gasteiger partial charge in [0.2, 0.25) is 5.89 Å². The van der Waals surface area contributed by atoms with Crippen LogP contribution in [0, 0.1) is 5.92 Å². The van der Waals surface area contributed by atoms with E-state index in [9.17, 15) is 0 Å². The van der Waals surface area contributed by atoms with Crippen LogP contribution < -0.4 is 0 Å². The summed E-state index contributed by atoms with van der Waals surface area (Å²) in [6, 6.07) is 0. The van der Waals surface area contributed by atoms with Crippen molar-refractivity contribution in [2.75, 3.05) is 0 Å². The maximum atomic E-state index is 5.55. The zero-order valence-electron chi connectivity index (χ0n) is 14.3. The predicted molar refractivity (Wildman–Crippen MR) is 86.5 cm³/mol. The van der Waals surface area contributed by atoms with Gasteiger partial charge in [-0.2, -0.15) is 4.98 Å². The molecule has 0 radical (unpaired) electrons. The van der Waals surface area contributed by atoms with Gasteiger partial charge in [-0.25, -0.2) is 0 Å². The lowest BCUT2D eigenvalue weighted by atomic mass is 9.79. The fourth-order valence-corrected chi connectivity index (χ4v) is 3.47. The zero-order chi connectivity index (χ0) is 15.3. The van der Waals surface area contributed by atoms with Crippen LogP contribution in [-0.2, 0) is 5.41 Å². The van der Waals surface area contributed by atoms with E-state index in [0.29, 0.717) is 5.92 Å². The predicted octanol–water partition coefficient (Wildman–Crippen LogP) is 5.61. The Morgan fingerprint density at radius 3 is 2.14 bits per heavy atom. The van der Waals surface area contributed by atoms with Crippen LogP contribution in [0.4, 0.5) is 0 Å². The normalized spacial score (nSPS) is 19.3. The van der Waals surface area contributed by atoms with Crippen LogP contribution in [0.3, 0.4) is 0 Å². The SMILES string of the molecule is CC(C)c1noc(C(C)(C)CC2CCCCCCCC2)n1. The van der Waals surface area contributed by atoms with Crippen molar-refractivity contribution in [2.45, 2.75) is 96.8 Å². The molecule has 1 aliphatic carbocycles. The molecule has 1 aromatic rings. The van der Waals surface area contributed by atoms with Gasteiger partial charge in [0.05, 0.1) is 0 Å². The number of rotatable bonds is 4. The largest absolute Gasteiger partial charge is 0.339 e. The highest BCUT2D eigenvalue weighted by Gasteiger charge is 2.31. The maximum Gasteiger partial charge on any atom is 0.232 e. The van der Waals surface area contributed by atoms with Gasteiger partial charge in [0.15, 0.2) is 5.82 Å². The zero-order valence-corrected chi connectivity index (χ0v) is 14.3. The molecule has 1 aliphatic rings. The summed E-state index contributed by atoms with van der Waals surface area (Å²) in [6.45, 7) is 8.74. The van der Waals surface area contributed by atoms with E-state index in [1.807, 2.05) is 0 Å². The van der Waals surface area contributed by atoms with Crippen molar-refractivity contribution in [1.82, 2.24) is 10.1 Å². The average molecular weight is 292 g/mol. The molecular formula is C18H32N2O. The fourth-order valence-electron chi connectivity index (χ4n) is 3.47. The summed E-state index contributed by atoms with van der Waals surface area (Å²) < 4.78 is 5.55. The number of hydrogen-bond acceptors (Lipinski definition) is 3. The summed E-state index contributed by atoms with van der Waals surface area (Å²) >= 11 is 0. The highest BCUT2D eigenvalue weighted by molar-refractivity contribution is 5.03. The van der Waals surface area contributed by atoms with Crippen molar-refractivity contribution in [1.29, 1.82) is 0 Å². The lowest BCUT2D eigenvalue weighted by Crippen LogP contribution is -2.22. The Morgan fingerprint density at radius 2 is 1.62 bits per heavy atom. The standard InChI is InChI=1S/C18H32N2O/c1-14(2)16-19-17(21-20-16)18(3,4)13-15-11-9-7-5-6-8-10-12-15/h14-15H,5-13H2,1-4H3. The smallest absolute Gasteiger partial charge is 0.232 e. The Hall–Kier alpha value is -0.860. The summed E-state index contributed by atoms with van der Waals surface area (Å²) in [7, 11) is 0. The van der Waals surface area contributed by atoms with Gasteiger partial charge in [0, 0.05) is 11.3 Å². The van der Waals surface area contributed by atoms with Gasteiger partial charge in [0.25, 0.3) is 0 Å². The lowest BCUT2D eigenvalue weighted by molar-refractivity contribution is 0.247. The lowest BCUT2D eigenvalue weighted by Gasteiger charge is -2.26. The molecule has 0 atom stereocenters. The number of hydrogen-bond donors (Lipinski definition) is 0. The molecule has 1 aromatic heterocycles. The molecule has 0 aliphatic heterocycles. The minimum Gasteiger partial charge on any atom is -0.339 e. The minimum atomic E-state index is -0.00113. The van der Waals surface area contributed by atoms with Crippen molar-refractivity contribution in [3.8, 4) is 0 Å². The molecule has 0 aromatic carbocycles. The molecule has 2 rings (SSSR count). The van der Waals surface area contributed by atoms with Crippen LogP contribution in [0.2, 0.25) is 0 Å². The molecule has 1 saturated carbocycles. The Kier molecular flexibility index (Phi) is 5.83. The van der Waals surface area contributed by atoms with E-state index in [1.54, 1.807) is 0 Å². The van der Waals surface area contributed by atoms with Crippen LogP contribution >= 0.6 is 0 Å². The van der Waals surface area contributed by atoms with Crippen LogP contribution in [0.15, 0.2) is 4.52 Å². The van der Waals surface area contributed by atoms with Crippen molar-refractivity contribution in [2.24, 2.45) is 5.92 Å². The third-order valence-electron chi connectivity index (χ3n) is 4.81. The first-order valence-electron chi connectivity index (χ1n) is 8.83. The van der Waals surface area contributed by atoms with E-state index in [2.05, 4.69) is 37.8 Å². The molecule has 0 unspecified atom stereocenters. The van der Waals surface area contributed by atoms with E-state index in [0.717, 1.165) is 17.6 Å². The molecule has 1 heterocycles. The maximum absolute atomic E-state index is 5.55. The molecule has 21 heavy (non-hydrogen) atoms. The molecule has 0 bridgehead atoms. The number of aromatic nitrogens is 2. The highest BCUT2D eigenvalue weighted by Crippen LogP contribution is 2.35. The van der Waals surface area contributed by atoms with Crippen molar-refractivity contribution >= 4 is 0 Å². The first-order valence-corrected chi connectivity index (χ1v) is 8.83. The van der Waals surface area contributed by atoms with Crippen LogP contribution in [0.5, 0.6) is 0 Å². The summed E-state index contributed by atoms with van der Waals surface area (Å²) in [5.41, 5.74) is -0.00113. The van der Waals surface area contributed by atoms with Crippen LogP contribution in [0.25, 0.3) is 0 Å². The molecule has 0 spiro atoms. The highest BCUT2D eigenvalue weighted by atomic mass is 16.5. The minimum absolute atomic E-state index is 0.00113. The molecule has 1 fully saturated rings. The Balaban J connectivity index is 1.99. The molecule has 0 N–H and O–H groups in total. The molecule has 3 heteroatoms. The van der Waals surface area contributed by atoms with Crippen LogP contribution in [-0.4, -0.2) is 10.1 Å². The molecular weight excluding hydrogens is 260 g/mol. The second kappa shape index (κ2) is 7.42. The fraction of sp³-hybridized carbons (Fsp3) is 0.889. The van der Waals surface area contributed by atoms with E-state index in [1.165, 1.54) is 57.8 Å². The number of nitrogens with zero attached hydrogens (tertiary/aromatic N) is 2. The first kappa shape index (κ1) is 16.5. The van der Waals surface area contributed by atoms with Gasteiger partial charge in [-0.3, -0.25) is 0 Å². The van der Waals surface area contributed by atoms with Crippen molar-refractivity contribution in [3.63, 3.8) is 0 Å². The monoisotopic (exact) mass is 292 g/mol. The molecule has 3 nitrogen and oxygen atoms in total. The first-order chi connectivity index (χ1) is 9.99. The van der Waals surface area contributed by atoms with E-state index in [-0.39, 0.29) is 5.41 Å². The quantitative estimate of drug-likeness (QED) is 0.723. The molecule has 120 valence electrons. The van der Waals surface area contributed by atoms with Gasteiger partial charge in [-0.05, 0) is 12.3 Å². The second-order valence-electron chi connectivity index (χ2n) is 7.77. The molecule has 0 amide bonds. The third kappa shape index (κ3) is 4.82. The third-order valence-corrected chi connectivity index (χ3v) is 4.81. The summed E-state index contributed by atoms with van der Waals surface area (Å²) in [4.78, 5) is 4.63. The van der Waals surface area contributed by atoms with Gasteiger partial charge in [-0.1, -0.05) is 84.2 Å². The average Bonchev–Trinajstić information content (AvgIpc) is 2.93. The van der Waals surface area contributed by atoms with E-state index < -0.39 is 0 Å². The van der Waals surface area contributed by atoms with Gasteiger partial charge < -0.3 is 4.52 Å². The molecule has 0 saturated heterocycles. The summed E-state index contributed by atoms with van der Waals surface area (Å²) in [5.74, 6) is 2.81. The topological polar surface area (TPSA) is 38.9 Å². The summed E-state index contributed by atoms with van der Waals surface area (Å²) in [6.07, 6.45) is 12.4. The second-order valence-corrected chi connectivity index (χ2v) is 7.77. The van der Waals surface area contributed by atoms with Gasteiger partial charge in [-0.15, -0.1) is 0 Å². The van der Waals surface area contributed by atoms with Crippen molar-refractivity contribution in [3.05, 3.63) is 11.7 Å². The van der Waals surface area contributed by atoms with Gasteiger partial charge in [0.1, 0.15) is 0 Å². The van der Waals surface area contributed by atoms with Crippen molar-refractivity contribution < 1.29 is 4.52 Å². The van der Waals surface area contributed by atoms with Crippen LogP contribution in [0.1, 0.15) is 103 Å².